The highest BCUT2D eigenvalue weighted by Gasteiger charge is 1.82. The maximum absolute atomic E-state index is 8.36. The SMILES string of the molecule is CCC(C)O.CCC(C)O.O. The predicted molar refractivity (Wildman–Crippen MR) is 47.6 cm³/mol. The average Bonchev–Trinajstić information content (AvgIpc) is 1.89. The first-order valence-corrected chi connectivity index (χ1v) is 3.90. The van der Waals surface area contributed by atoms with Crippen LogP contribution < -0.4 is 0 Å². The zero-order valence-electron chi connectivity index (χ0n) is 7.96. The molecule has 0 heterocycles. The Bertz CT molecular complexity index is 45.3. The number of aliphatic hydroxyl groups excluding tert-OH is 2. The lowest BCUT2D eigenvalue weighted by Crippen LogP contribution is -1.93. The highest BCUT2D eigenvalue weighted by atomic mass is 16.3. The van der Waals surface area contributed by atoms with E-state index in [2.05, 4.69) is 0 Å². The molecule has 0 radical (unpaired) electrons. The van der Waals surface area contributed by atoms with Crippen molar-refractivity contribution < 1.29 is 15.7 Å². The van der Waals surface area contributed by atoms with Crippen molar-refractivity contribution in [2.45, 2.75) is 52.7 Å². The zero-order chi connectivity index (χ0) is 8.57. The quantitative estimate of drug-likeness (QED) is 0.634. The van der Waals surface area contributed by atoms with Gasteiger partial charge in [0.15, 0.2) is 0 Å². The third-order valence-corrected chi connectivity index (χ3v) is 1.18. The second-order valence-corrected chi connectivity index (χ2v) is 2.51. The van der Waals surface area contributed by atoms with Crippen molar-refractivity contribution >= 4 is 0 Å². The van der Waals surface area contributed by atoms with Gasteiger partial charge >= 0.3 is 0 Å². The van der Waals surface area contributed by atoms with Gasteiger partial charge in [0.2, 0.25) is 0 Å². The van der Waals surface area contributed by atoms with E-state index in [9.17, 15) is 0 Å². The number of hydrogen-bond acceptors (Lipinski definition) is 2. The fraction of sp³-hybridized carbons (Fsp3) is 1.00. The van der Waals surface area contributed by atoms with E-state index < -0.39 is 0 Å². The van der Waals surface area contributed by atoms with Crippen LogP contribution in [0, 0.1) is 0 Å². The Kier molecular flexibility index (Phi) is 19.5. The number of aliphatic hydroxyl groups is 2. The summed E-state index contributed by atoms with van der Waals surface area (Å²) >= 11 is 0. The van der Waals surface area contributed by atoms with Gasteiger partial charge < -0.3 is 15.7 Å². The van der Waals surface area contributed by atoms with Crippen molar-refractivity contribution in [1.29, 1.82) is 0 Å². The van der Waals surface area contributed by atoms with E-state index in [0.717, 1.165) is 12.8 Å². The lowest BCUT2D eigenvalue weighted by atomic mass is 10.3. The summed E-state index contributed by atoms with van der Waals surface area (Å²) in [6.45, 7) is 7.45. The molecule has 4 N–H and O–H groups in total. The van der Waals surface area contributed by atoms with Crippen LogP contribution in [0.4, 0.5) is 0 Å². The Morgan fingerprint density at radius 3 is 1.00 bits per heavy atom. The van der Waals surface area contributed by atoms with Gasteiger partial charge in [0.05, 0.1) is 12.2 Å². The Hall–Kier alpha value is -0.120. The minimum atomic E-state index is -0.116. The number of rotatable bonds is 2. The van der Waals surface area contributed by atoms with Crippen molar-refractivity contribution in [3.63, 3.8) is 0 Å². The summed E-state index contributed by atoms with van der Waals surface area (Å²) in [5.74, 6) is 0. The van der Waals surface area contributed by atoms with Crippen molar-refractivity contribution in [2.75, 3.05) is 0 Å². The molecule has 0 rings (SSSR count). The summed E-state index contributed by atoms with van der Waals surface area (Å²) in [5.41, 5.74) is 0. The first-order valence-electron chi connectivity index (χ1n) is 3.90. The second kappa shape index (κ2) is 12.5. The Morgan fingerprint density at radius 2 is 1.00 bits per heavy atom. The molecule has 0 aliphatic rings. The van der Waals surface area contributed by atoms with Gasteiger partial charge in [-0.15, -0.1) is 0 Å². The fourth-order valence-electron chi connectivity index (χ4n) is 0. The molecule has 3 heteroatoms. The molecule has 0 bridgehead atoms. The van der Waals surface area contributed by atoms with Crippen LogP contribution in [0.25, 0.3) is 0 Å². The second-order valence-electron chi connectivity index (χ2n) is 2.51. The molecule has 0 fully saturated rings. The van der Waals surface area contributed by atoms with E-state index in [1.807, 2.05) is 13.8 Å². The monoisotopic (exact) mass is 166 g/mol. The molecular formula is C8H22O3. The van der Waals surface area contributed by atoms with Crippen LogP contribution in [0.3, 0.4) is 0 Å². The van der Waals surface area contributed by atoms with Crippen LogP contribution in [-0.2, 0) is 0 Å². The molecule has 0 spiro atoms. The van der Waals surface area contributed by atoms with E-state index in [4.69, 9.17) is 10.2 Å². The summed E-state index contributed by atoms with van der Waals surface area (Å²) in [5, 5.41) is 16.7. The molecule has 0 amide bonds. The third-order valence-electron chi connectivity index (χ3n) is 1.18. The van der Waals surface area contributed by atoms with Crippen molar-refractivity contribution in [2.24, 2.45) is 0 Å². The molecule has 0 saturated carbocycles. The van der Waals surface area contributed by atoms with E-state index in [0.29, 0.717) is 0 Å². The highest BCUT2D eigenvalue weighted by molar-refractivity contribution is 4.34. The van der Waals surface area contributed by atoms with Gasteiger partial charge in [0, 0.05) is 0 Å². The van der Waals surface area contributed by atoms with Crippen LogP contribution in [0.15, 0.2) is 0 Å². The topological polar surface area (TPSA) is 72.0 Å². The average molecular weight is 166 g/mol. The smallest absolute Gasteiger partial charge is 0.0509 e. The lowest BCUT2D eigenvalue weighted by Gasteiger charge is -1.90. The maximum atomic E-state index is 8.36. The highest BCUT2D eigenvalue weighted by Crippen LogP contribution is 1.82. The first-order chi connectivity index (χ1) is 4.54. The minimum Gasteiger partial charge on any atom is -0.412 e. The zero-order valence-corrected chi connectivity index (χ0v) is 7.96. The molecule has 2 atom stereocenters. The molecule has 0 saturated heterocycles. The third kappa shape index (κ3) is 40.8. The number of hydrogen-bond donors (Lipinski definition) is 2. The first kappa shape index (κ1) is 17.1. The van der Waals surface area contributed by atoms with E-state index in [-0.39, 0.29) is 17.7 Å². The van der Waals surface area contributed by atoms with Crippen molar-refractivity contribution in [3.05, 3.63) is 0 Å². The molecule has 0 aromatic rings. The van der Waals surface area contributed by atoms with Crippen LogP contribution in [0.2, 0.25) is 0 Å². The molecule has 72 valence electrons. The van der Waals surface area contributed by atoms with E-state index >= 15 is 0 Å². The largest absolute Gasteiger partial charge is 0.412 e. The summed E-state index contributed by atoms with van der Waals surface area (Å²) in [6, 6.07) is 0. The summed E-state index contributed by atoms with van der Waals surface area (Å²) < 4.78 is 0. The van der Waals surface area contributed by atoms with Gasteiger partial charge in [0.25, 0.3) is 0 Å². The summed E-state index contributed by atoms with van der Waals surface area (Å²) in [6.07, 6.45) is 1.49. The van der Waals surface area contributed by atoms with Crippen LogP contribution >= 0.6 is 0 Å². The standard InChI is InChI=1S/2C4H10O.H2O/c2*1-3-4(2)5;/h2*4-5H,3H2,1-2H3;1H2. The Morgan fingerprint density at radius 1 is 0.909 bits per heavy atom. The predicted octanol–water partition coefficient (Wildman–Crippen LogP) is 0.730. The van der Waals surface area contributed by atoms with Crippen LogP contribution in [0.5, 0.6) is 0 Å². The molecule has 0 aliphatic carbocycles. The van der Waals surface area contributed by atoms with Gasteiger partial charge in [-0.25, -0.2) is 0 Å². The van der Waals surface area contributed by atoms with Gasteiger partial charge in [-0.05, 0) is 26.7 Å². The Balaban J connectivity index is -0.000000107. The van der Waals surface area contributed by atoms with Gasteiger partial charge in [-0.3, -0.25) is 0 Å². The Labute approximate surface area is 69.4 Å². The molecule has 0 aliphatic heterocycles. The van der Waals surface area contributed by atoms with Gasteiger partial charge in [-0.1, -0.05) is 13.8 Å². The van der Waals surface area contributed by atoms with E-state index in [1.54, 1.807) is 13.8 Å². The molecule has 3 nitrogen and oxygen atoms in total. The maximum Gasteiger partial charge on any atom is 0.0509 e. The summed E-state index contributed by atoms with van der Waals surface area (Å²) in [7, 11) is 0. The minimum absolute atomic E-state index is 0. The molecule has 0 aromatic heterocycles. The van der Waals surface area contributed by atoms with Crippen molar-refractivity contribution in [3.8, 4) is 0 Å². The normalized spacial score (nSPS) is 13.6. The summed E-state index contributed by atoms with van der Waals surface area (Å²) in [4.78, 5) is 0. The molecule has 0 aromatic carbocycles. The molecular weight excluding hydrogens is 144 g/mol. The molecule has 2 unspecified atom stereocenters. The van der Waals surface area contributed by atoms with E-state index in [1.165, 1.54) is 0 Å². The van der Waals surface area contributed by atoms with Crippen LogP contribution in [0.1, 0.15) is 40.5 Å². The molecule has 11 heavy (non-hydrogen) atoms. The van der Waals surface area contributed by atoms with Gasteiger partial charge in [-0.2, -0.15) is 0 Å². The lowest BCUT2D eigenvalue weighted by molar-refractivity contribution is 0.190. The fourth-order valence-corrected chi connectivity index (χ4v) is 0. The van der Waals surface area contributed by atoms with Gasteiger partial charge in [0.1, 0.15) is 0 Å². The van der Waals surface area contributed by atoms with Crippen molar-refractivity contribution in [1.82, 2.24) is 0 Å². The van der Waals surface area contributed by atoms with Crippen LogP contribution in [-0.4, -0.2) is 27.9 Å².